The van der Waals surface area contributed by atoms with E-state index in [-0.39, 0.29) is 5.91 Å². The molecule has 0 heterocycles. The van der Waals surface area contributed by atoms with E-state index in [0.717, 1.165) is 6.42 Å². The van der Waals surface area contributed by atoms with Gasteiger partial charge in [-0.2, -0.15) is 0 Å². The number of nitrogens with two attached hydrogens (primary N) is 1. The second-order valence-electron chi connectivity index (χ2n) is 4.58. The molecule has 0 aliphatic heterocycles. The fourth-order valence-electron chi connectivity index (χ4n) is 1.30. The van der Waals surface area contributed by atoms with Crippen LogP contribution < -0.4 is 11.1 Å². The largest absolute Gasteiger partial charge is 0.355 e. The number of amides is 1. The highest BCUT2D eigenvalue weighted by Crippen LogP contribution is 2.11. The summed E-state index contributed by atoms with van der Waals surface area (Å²) in [5, 5.41) is 2.90. The summed E-state index contributed by atoms with van der Waals surface area (Å²) in [4.78, 5) is 11.7. The van der Waals surface area contributed by atoms with Gasteiger partial charge in [0.05, 0.1) is 5.41 Å². The van der Waals surface area contributed by atoms with Crippen LogP contribution in [-0.2, 0) is 11.2 Å². The van der Waals surface area contributed by atoms with Crippen molar-refractivity contribution in [1.82, 2.24) is 5.32 Å². The van der Waals surface area contributed by atoms with Crippen molar-refractivity contribution < 1.29 is 4.79 Å². The van der Waals surface area contributed by atoms with Crippen molar-refractivity contribution in [2.45, 2.75) is 20.3 Å². The predicted molar refractivity (Wildman–Crippen MR) is 66.0 cm³/mol. The molecule has 0 fully saturated rings. The van der Waals surface area contributed by atoms with Crippen LogP contribution in [0.5, 0.6) is 0 Å². The Morgan fingerprint density at radius 2 is 1.94 bits per heavy atom. The zero-order valence-electron chi connectivity index (χ0n) is 9.99. The third-order valence-electron chi connectivity index (χ3n) is 2.67. The molecule has 1 aromatic carbocycles. The Hall–Kier alpha value is -1.35. The molecule has 3 N–H and O–H groups in total. The van der Waals surface area contributed by atoms with Crippen LogP contribution in [0, 0.1) is 5.41 Å². The number of hydrogen-bond acceptors (Lipinski definition) is 2. The van der Waals surface area contributed by atoms with Crippen LogP contribution in [0.3, 0.4) is 0 Å². The number of hydrogen-bond donors (Lipinski definition) is 2. The van der Waals surface area contributed by atoms with E-state index in [4.69, 9.17) is 5.73 Å². The maximum Gasteiger partial charge on any atom is 0.226 e. The minimum Gasteiger partial charge on any atom is -0.355 e. The molecule has 1 rings (SSSR count). The van der Waals surface area contributed by atoms with Crippen LogP contribution in [-0.4, -0.2) is 19.0 Å². The molecule has 0 aliphatic carbocycles. The lowest BCUT2D eigenvalue weighted by molar-refractivity contribution is -0.128. The van der Waals surface area contributed by atoms with Crippen molar-refractivity contribution in [2.75, 3.05) is 13.1 Å². The van der Waals surface area contributed by atoms with Gasteiger partial charge in [0, 0.05) is 13.1 Å². The normalized spacial score (nSPS) is 11.2. The summed E-state index contributed by atoms with van der Waals surface area (Å²) in [5.74, 6) is 0.0194. The second-order valence-corrected chi connectivity index (χ2v) is 4.58. The molecule has 0 atom stereocenters. The standard InChI is InChI=1S/C13H20N2O/c1-13(2,10-14)12(16)15-9-8-11-6-4-3-5-7-11/h3-7H,8-10,14H2,1-2H3,(H,15,16). The summed E-state index contributed by atoms with van der Waals surface area (Å²) in [6.45, 7) is 4.73. The number of nitrogens with one attached hydrogen (secondary N) is 1. The van der Waals surface area contributed by atoms with Crippen molar-refractivity contribution in [3.8, 4) is 0 Å². The van der Waals surface area contributed by atoms with Gasteiger partial charge in [-0.3, -0.25) is 4.79 Å². The lowest BCUT2D eigenvalue weighted by atomic mass is 9.92. The molecule has 16 heavy (non-hydrogen) atoms. The van der Waals surface area contributed by atoms with Gasteiger partial charge in [0.25, 0.3) is 0 Å². The summed E-state index contributed by atoms with van der Waals surface area (Å²) in [5.41, 5.74) is 6.28. The number of carbonyl (C=O) groups is 1. The van der Waals surface area contributed by atoms with Crippen LogP contribution >= 0.6 is 0 Å². The van der Waals surface area contributed by atoms with E-state index < -0.39 is 5.41 Å². The first kappa shape index (κ1) is 12.7. The van der Waals surface area contributed by atoms with E-state index >= 15 is 0 Å². The molecule has 0 aromatic heterocycles. The van der Waals surface area contributed by atoms with Crippen molar-refractivity contribution in [3.63, 3.8) is 0 Å². The van der Waals surface area contributed by atoms with Crippen molar-refractivity contribution in [1.29, 1.82) is 0 Å². The van der Waals surface area contributed by atoms with Crippen LogP contribution in [0.25, 0.3) is 0 Å². The maximum absolute atomic E-state index is 11.7. The topological polar surface area (TPSA) is 55.1 Å². The molecule has 0 unspecified atom stereocenters. The Morgan fingerprint density at radius 3 is 2.50 bits per heavy atom. The van der Waals surface area contributed by atoms with Gasteiger partial charge in [-0.25, -0.2) is 0 Å². The molecule has 0 aliphatic rings. The first-order valence-corrected chi connectivity index (χ1v) is 5.58. The van der Waals surface area contributed by atoms with Gasteiger partial charge in [0.2, 0.25) is 5.91 Å². The maximum atomic E-state index is 11.7. The Kier molecular flexibility index (Phi) is 4.50. The SMILES string of the molecule is CC(C)(CN)C(=O)NCCc1ccccc1. The highest BCUT2D eigenvalue weighted by atomic mass is 16.2. The average Bonchev–Trinajstić information content (AvgIpc) is 2.30. The Balaban J connectivity index is 2.34. The Morgan fingerprint density at radius 1 is 1.31 bits per heavy atom. The molecule has 0 saturated carbocycles. The number of rotatable bonds is 5. The molecule has 88 valence electrons. The zero-order chi connectivity index (χ0) is 12.0. The van der Waals surface area contributed by atoms with Gasteiger partial charge >= 0.3 is 0 Å². The molecule has 0 saturated heterocycles. The highest BCUT2D eigenvalue weighted by Gasteiger charge is 2.24. The summed E-state index contributed by atoms with van der Waals surface area (Å²) in [7, 11) is 0. The summed E-state index contributed by atoms with van der Waals surface area (Å²) >= 11 is 0. The van der Waals surface area contributed by atoms with Gasteiger partial charge in [0.1, 0.15) is 0 Å². The van der Waals surface area contributed by atoms with Crippen LogP contribution in [0.15, 0.2) is 30.3 Å². The molecule has 0 radical (unpaired) electrons. The second kappa shape index (κ2) is 5.66. The summed E-state index contributed by atoms with van der Waals surface area (Å²) in [6.07, 6.45) is 0.854. The third-order valence-corrected chi connectivity index (χ3v) is 2.67. The van der Waals surface area contributed by atoms with E-state index in [2.05, 4.69) is 17.4 Å². The van der Waals surface area contributed by atoms with Crippen molar-refractivity contribution >= 4 is 5.91 Å². The average molecular weight is 220 g/mol. The lowest BCUT2D eigenvalue weighted by Crippen LogP contribution is -2.42. The minimum atomic E-state index is -0.476. The van der Waals surface area contributed by atoms with Gasteiger partial charge < -0.3 is 11.1 Å². The van der Waals surface area contributed by atoms with Gasteiger partial charge in [0.15, 0.2) is 0 Å². The Labute approximate surface area is 97.0 Å². The monoisotopic (exact) mass is 220 g/mol. The molecule has 3 heteroatoms. The zero-order valence-corrected chi connectivity index (χ0v) is 9.99. The van der Waals surface area contributed by atoms with Crippen molar-refractivity contribution in [2.24, 2.45) is 11.1 Å². The molecule has 0 spiro atoms. The Bertz CT molecular complexity index is 333. The van der Waals surface area contributed by atoms with Crippen molar-refractivity contribution in [3.05, 3.63) is 35.9 Å². The lowest BCUT2D eigenvalue weighted by Gasteiger charge is -2.21. The molecule has 1 aromatic rings. The first-order valence-electron chi connectivity index (χ1n) is 5.58. The van der Waals surface area contributed by atoms with E-state index in [1.807, 2.05) is 32.0 Å². The highest BCUT2D eigenvalue weighted by molar-refractivity contribution is 5.82. The van der Waals surface area contributed by atoms with Crippen LogP contribution in [0.4, 0.5) is 0 Å². The quantitative estimate of drug-likeness (QED) is 0.786. The summed E-state index contributed by atoms with van der Waals surface area (Å²) < 4.78 is 0. The smallest absolute Gasteiger partial charge is 0.226 e. The molecular weight excluding hydrogens is 200 g/mol. The minimum absolute atomic E-state index is 0.0194. The first-order chi connectivity index (χ1) is 7.56. The van der Waals surface area contributed by atoms with Gasteiger partial charge in [-0.05, 0) is 25.8 Å². The van der Waals surface area contributed by atoms with Crippen LogP contribution in [0.2, 0.25) is 0 Å². The van der Waals surface area contributed by atoms with E-state index in [9.17, 15) is 4.79 Å². The van der Waals surface area contributed by atoms with Gasteiger partial charge in [-0.1, -0.05) is 30.3 Å². The fraction of sp³-hybridized carbons (Fsp3) is 0.462. The number of benzene rings is 1. The molecule has 3 nitrogen and oxygen atoms in total. The summed E-state index contributed by atoms with van der Waals surface area (Å²) in [6, 6.07) is 10.1. The van der Waals surface area contributed by atoms with E-state index in [1.165, 1.54) is 5.56 Å². The fourth-order valence-corrected chi connectivity index (χ4v) is 1.30. The van der Waals surface area contributed by atoms with E-state index in [0.29, 0.717) is 13.1 Å². The van der Waals surface area contributed by atoms with E-state index in [1.54, 1.807) is 0 Å². The number of carbonyl (C=O) groups excluding carboxylic acids is 1. The van der Waals surface area contributed by atoms with Gasteiger partial charge in [-0.15, -0.1) is 0 Å². The predicted octanol–water partition coefficient (Wildman–Crippen LogP) is 1.33. The molecule has 0 bridgehead atoms. The third kappa shape index (κ3) is 3.66. The molecule has 1 amide bonds. The van der Waals surface area contributed by atoms with Crippen LogP contribution in [0.1, 0.15) is 19.4 Å². The molecular formula is C13H20N2O.